The minimum atomic E-state index is -0.305. The maximum Gasteiger partial charge on any atom is 0.257 e. The Morgan fingerprint density at radius 3 is 2.53 bits per heavy atom. The first-order valence-electron chi connectivity index (χ1n) is 12.8. The third-order valence-corrected chi connectivity index (χ3v) is 6.45. The molecule has 1 saturated heterocycles. The molecule has 1 aliphatic heterocycles. The Kier molecular flexibility index (Phi) is 7.78. The maximum absolute atomic E-state index is 14.4. The Bertz CT molecular complexity index is 1390. The topological polar surface area (TPSA) is 79.4 Å². The molecule has 0 atom stereocenters. The molecule has 8 heteroatoms. The van der Waals surface area contributed by atoms with Crippen molar-refractivity contribution in [2.45, 2.75) is 32.8 Å². The van der Waals surface area contributed by atoms with Crippen molar-refractivity contribution in [3.63, 3.8) is 0 Å². The first kappa shape index (κ1) is 25.2. The Labute approximate surface area is 221 Å². The molecule has 0 radical (unpaired) electrons. The van der Waals surface area contributed by atoms with E-state index in [2.05, 4.69) is 25.5 Å². The summed E-state index contributed by atoms with van der Waals surface area (Å²) in [6.07, 6.45) is 6.80. The number of benzene rings is 2. The van der Waals surface area contributed by atoms with Crippen molar-refractivity contribution < 1.29 is 13.9 Å². The largest absolute Gasteiger partial charge is 0.487 e. The lowest BCUT2D eigenvalue weighted by Gasteiger charge is -2.29. The van der Waals surface area contributed by atoms with Gasteiger partial charge in [0, 0.05) is 36.3 Å². The summed E-state index contributed by atoms with van der Waals surface area (Å²) in [6, 6.07) is 19.5. The number of ether oxygens (including phenoxy) is 1. The molecule has 2 aromatic carbocycles. The number of carbonyl (C=O) groups is 1. The summed E-state index contributed by atoms with van der Waals surface area (Å²) >= 11 is 0. The molecule has 2 aromatic heterocycles. The number of piperidine rings is 1. The van der Waals surface area contributed by atoms with Crippen LogP contribution in [0.1, 0.15) is 41.0 Å². The Morgan fingerprint density at radius 2 is 1.76 bits per heavy atom. The minimum absolute atomic E-state index is 0.283. The molecule has 5 rings (SSSR count). The van der Waals surface area contributed by atoms with Gasteiger partial charge in [-0.25, -0.2) is 4.39 Å². The third-order valence-electron chi connectivity index (χ3n) is 6.45. The number of nitrogens with one attached hydrogen (secondary N) is 2. The SMILES string of the molecule is Cc1ncc(Nc2cc(F)cc(N3CCCCC3)c2)cc1C(=O)Nc1ccc(OCc2ccccn2)cc1. The van der Waals surface area contributed by atoms with Crippen LogP contribution >= 0.6 is 0 Å². The van der Waals surface area contributed by atoms with Crippen LogP contribution in [0.5, 0.6) is 5.75 Å². The molecular formula is C30H30FN5O2. The standard InChI is InChI=1S/C30H30FN5O2/c1-21-29(30(37)35-23-8-10-28(11-9-23)38-20-24-7-3-4-12-32-24)18-26(19-33-21)34-25-15-22(31)16-27(17-25)36-13-5-2-6-14-36/h3-4,7-12,15-19,34H,2,5-6,13-14,20H2,1H3,(H,35,37). The van der Waals surface area contributed by atoms with Crippen LogP contribution in [-0.4, -0.2) is 29.0 Å². The summed E-state index contributed by atoms with van der Waals surface area (Å²) in [5.74, 6) is 0.0897. The van der Waals surface area contributed by atoms with Crippen LogP contribution in [0.15, 0.2) is 79.1 Å². The van der Waals surface area contributed by atoms with E-state index >= 15 is 0 Å². The number of nitrogens with zero attached hydrogens (tertiary/aromatic N) is 3. The summed E-state index contributed by atoms with van der Waals surface area (Å²) in [5.41, 5.74) is 4.57. The van der Waals surface area contributed by atoms with Gasteiger partial charge in [0.15, 0.2) is 0 Å². The number of aromatic nitrogens is 2. The molecule has 1 amide bonds. The molecule has 0 saturated carbocycles. The van der Waals surface area contributed by atoms with E-state index in [-0.39, 0.29) is 11.7 Å². The fourth-order valence-electron chi connectivity index (χ4n) is 4.45. The number of amides is 1. The molecule has 1 fully saturated rings. The zero-order valence-electron chi connectivity index (χ0n) is 21.3. The zero-order chi connectivity index (χ0) is 26.3. The maximum atomic E-state index is 14.4. The number of hydrogen-bond donors (Lipinski definition) is 2. The molecule has 4 aromatic rings. The second-order valence-corrected chi connectivity index (χ2v) is 9.32. The van der Waals surface area contributed by atoms with Crippen LogP contribution in [0.4, 0.5) is 27.1 Å². The number of pyridine rings is 2. The van der Waals surface area contributed by atoms with Crippen molar-refractivity contribution in [2.75, 3.05) is 28.6 Å². The van der Waals surface area contributed by atoms with Gasteiger partial charge in [-0.1, -0.05) is 6.07 Å². The van der Waals surface area contributed by atoms with Crippen LogP contribution < -0.4 is 20.3 Å². The molecule has 194 valence electrons. The van der Waals surface area contributed by atoms with Gasteiger partial charge >= 0.3 is 0 Å². The predicted molar refractivity (Wildman–Crippen MR) is 148 cm³/mol. The average Bonchev–Trinajstić information content (AvgIpc) is 2.94. The average molecular weight is 512 g/mol. The Balaban J connectivity index is 1.24. The van der Waals surface area contributed by atoms with Gasteiger partial charge in [-0.05, 0) is 86.8 Å². The molecule has 7 nitrogen and oxygen atoms in total. The predicted octanol–water partition coefficient (Wildman–Crippen LogP) is 6.49. The smallest absolute Gasteiger partial charge is 0.257 e. The molecule has 0 spiro atoms. The van der Waals surface area contributed by atoms with Gasteiger partial charge in [0.2, 0.25) is 0 Å². The first-order chi connectivity index (χ1) is 18.5. The van der Waals surface area contributed by atoms with E-state index in [1.54, 1.807) is 55.7 Å². The summed E-state index contributed by atoms with van der Waals surface area (Å²) in [6.45, 7) is 4.00. The van der Waals surface area contributed by atoms with Crippen molar-refractivity contribution in [1.29, 1.82) is 0 Å². The van der Waals surface area contributed by atoms with Crippen molar-refractivity contribution in [1.82, 2.24) is 9.97 Å². The van der Waals surface area contributed by atoms with Crippen LogP contribution in [-0.2, 0) is 6.61 Å². The molecule has 38 heavy (non-hydrogen) atoms. The van der Waals surface area contributed by atoms with Crippen molar-refractivity contribution in [3.8, 4) is 5.75 Å². The lowest BCUT2D eigenvalue weighted by Crippen LogP contribution is -2.29. The van der Waals surface area contributed by atoms with Gasteiger partial charge in [-0.2, -0.15) is 0 Å². The fraction of sp³-hybridized carbons (Fsp3) is 0.233. The van der Waals surface area contributed by atoms with Gasteiger partial charge in [-0.3, -0.25) is 14.8 Å². The van der Waals surface area contributed by atoms with Crippen molar-refractivity contribution >= 4 is 28.7 Å². The summed E-state index contributed by atoms with van der Waals surface area (Å²) in [7, 11) is 0. The molecular weight excluding hydrogens is 481 g/mol. The van der Waals surface area contributed by atoms with Crippen LogP contribution in [0.3, 0.4) is 0 Å². The Morgan fingerprint density at radius 1 is 0.947 bits per heavy atom. The molecule has 0 bridgehead atoms. The monoisotopic (exact) mass is 511 g/mol. The summed E-state index contributed by atoms with van der Waals surface area (Å²) in [4.78, 5) is 23.9. The number of carbonyl (C=O) groups excluding carboxylic acids is 1. The fourth-order valence-corrected chi connectivity index (χ4v) is 4.45. The first-order valence-corrected chi connectivity index (χ1v) is 12.8. The highest BCUT2D eigenvalue weighted by atomic mass is 19.1. The highest BCUT2D eigenvalue weighted by Crippen LogP contribution is 2.27. The normalized spacial score (nSPS) is 13.2. The van der Waals surface area contributed by atoms with Gasteiger partial charge in [0.05, 0.1) is 28.8 Å². The number of rotatable bonds is 8. The Hall–Kier alpha value is -4.46. The number of aryl methyl sites for hydroxylation is 1. The second kappa shape index (κ2) is 11.7. The van der Waals surface area contributed by atoms with Gasteiger partial charge in [-0.15, -0.1) is 0 Å². The van der Waals surface area contributed by atoms with E-state index in [9.17, 15) is 9.18 Å². The van der Waals surface area contributed by atoms with Crippen molar-refractivity contribution in [2.24, 2.45) is 0 Å². The van der Waals surface area contributed by atoms with E-state index in [1.807, 2.05) is 24.3 Å². The van der Waals surface area contributed by atoms with Crippen LogP contribution in [0.25, 0.3) is 0 Å². The number of halogens is 1. The van der Waals surface area contributed by atoms with E-state index in [1.165, 1.54) is 12.5 Å². The zero-order valence-corrected chi connectivity index (χ0v) is 21.3. The van der Waals surface area contributed by atoms with E-state index < -0.39 is 0 Å². The quantitative estimate of drug-likeness (QED) is 0.282. The minimum Gasteiger partial charge on any atom is -0.487 e. The highest BCUT2D eigenvalue weighted by Gasteiger charge is 2.15. The van der Waals surface area contributed by atoms with E-state index in [0.29, 0.717) is 40.7 Å². The van der Waals surface area contributed by atoms with E-state index in [4.69, 9.17) is 4.74 Å². The number of anilines is 4. The lowest BCUT2D eigenvalue weighted by atomic mass is 10.1. The lowest BCUT2D eigenvalue weighted by molar-refractivity contribution is 0.102. The van der Waals surface area contributed by atoms with Gasteiger partial charge in [0.1, 0.15) is 18.2 Å². The van der Waals surface area contributed by atoms with Crippen LogP contribution in [0, 0.1) is 12.7 Å². The molecule has 3 heterocycles. The molecule has 0 unspecified atom stereocenters. The second-order valence-electron chi connectivity index (χ2n) is 9.32. The van der Waals surface area contributed by atoms with Gasteiger partial charge < -0.3 is 20.3 Å². The number of hydrogen-bond acceptors (Lipinski definition) is 6. The summed E-state index contributed by atoms with van der Waals surface area (Å²) in [5, 5.41) is 6.13. The summed E-state index contributed by atoms with van der Waals surface area (Å²) < 4.78 is 20.2. The van der Waals surface area contributed by atoms with Crippen LogP contribution in [0.2, 0.25) is 0 Å². The molecule has 1 aliphatic rings. The van der Waals surface area contributed by atoms with Gasteiger partial charge in [0.25, 0.3) is 5.91 Å². The van der Waals surface area contributed by atoms with E-state index in [0.717, 1.165) is 37.3 Å². The van der Waals surface area contributed by atoms with Crippen molar-refractivity contribution in [3.05, 3.63) is 102 Å². The molecule has 0 aliphatic carbocycles. The molecule has 2 N–H and O–H groups in total. The third kappa shape index (κ3) is 6.45. The highest BCUT2D eigenvalue weighted by molar-refractivity contribution is 6.05.